The largest absolute Gasteiger partial charge is 0.495 e. The van der Waals surface area contributed by atoms with Crippen LogP contribution in [-0.4, -0.2) is 18.7 Å². The minimum Gasteiger partial charge on any atom is -0.495 e. The zero-order valence-corrected chi connectivity index (χ0v) is 13.5. The van der Waals surface area contributed by atoms with Crippen molar-refractivity contribution in [1.29, 1.82) is 0 Å². The van der Waals surface area contributed by atoms with Crippen molar-refractivity contribution in [3.05, 3.63) is 63.6 Å². The van der Waals surface area contributed by atoms with E-state index >= 15 is 0 Å². The number of carbonyl (C=O) groups excluding carboxylic acids is 2. The fourth-order valence-electron chi connectivity index (χ4n) is 3.12. The van der Waals surface area contributed by atoms with Crippen molar-refractivity contribution >= 4 is 29.5 Å². The predicted octanol–water partition coefficient (Wildman–Crippen LogP) is 2.15. The van der Waals surface area contributed by atoms with E-state index in [1.807, 2.05) is 30.4 Å². The van der Waals surface area contributed by atoms with Gasteiger partial charge in [0, 0.05) is 11.1 Å². The van der Waals surface area contributed by atoms with Crippen LogP contribution in [0.25, 0.3) is 17.9 Å². The van der Waals surface area contributed by atoms with E-state index in [0.717, 1.165) is 10.4 Å². The highest BCUT2D eigenvalue weighted by atomic mass is 16.5. The summed E-state index contributed by atoms with van der Waals surface area (Å²) < 4.78 is 5.46. The number of ketones is 2. The van der Waals surface area contributed by atoms with E-state index in [4.69, 9.17) is 4.74 Å². The van der Waals surface area contributed by atoms with Gasteiger partial charge < -0.3 is 4.74 Å². The van der Waals surface area contributed by atoms with Crippen LogP contribution in [-0.2, 0) is 9.53 Å². The first-order valence-corrected chi connectivity index (χ1v) is 7.52. The number of Topliss-reactive ketones (excluding diaryl/α,β-unsaturated/α-hetero) is 2. The van der Waals surface area contributed by atoms with Gasteiger partial charge in [0.05, 0.1) is 12.7 Å². The SMILES string of the molecule is C=C(C)C1=C(OC)c2ccc3c(c2C(=O)C1=O)=CC=CC(C)C=3. The molecule has 2 aliphatic rings. The zero-order valence-electron chi connectivity index (χ0n) is 13.5. The van der Waals surface area contributed by atoms with Gasteiger partial charge >= 0.3 is 0 Å². The summed E-state index contributed by atoms with van der Waals surface area (Å²) >= 11 is 0. The van der Waals surface area contributed by atoms with Gasteiger partial charge in [-0.15, -0.1) is 0 Å². The second kappa shape index (κ2) is 5.51. The molecule has 0 bridgehead atoms. The van der Waals surface area contributed by atoms with Gasteiger partial charge in [0.15, 0.2) is 0 Å². The van der Waals surface area contributed by atoms with Crippen LogP contribution in [0.2, 0.25) is 0 Å². The van der Waals surface area contributed by atoms with E-state index in [1.54, 1.807) is 6.92 Å². The van der Waals surface area contributed by atoms with Gasteiger partial charge in [-0.3, -0.25) is 9.59 Å². The van der Waals surface area contributed by atoms with Crippen LogP contribution in [0.1, 0.15) is 29.8 Å². The van der Waals surface area contributed by atoms with E-state index in [-0.39, 0.29) is 11.5 Å². The zero-order chi connectivity index (χ0) is 16.7. The number of fused-ring (bicyclic) bond motifs is 3. The van der Waals surface area contributed by atoms with Crippen molar-refractivity contribution in [3.63, 3.8) is 0 Å². The van der Waals surface area contributed by atoms with E-state index in [0.29, 0.717) is 22.5 Å². The van der Waals surface area contributed by atoms with Crippen molar-refractivity contribution in [3.8, 4) is 0 Å². The minimum absolute atomic E-state index is 0.267. The monoisotopic (exact) mass is 306 g/mol. The van der Waals surface area contributed by atoms with Crippen LogP contribution in [0.3, 0.4) is 0 Å². The van der Waals surface area contributed by atoms with Gasteiger partial charge in [-0.1, -0.05) is 43.9 Å². The molecule has 0 spiro atoms. The summed E-state index contributed by atoms with van der Waals surface area (Å²) in [6, 6.07) is 3.81. The number of methoxy groups -OCH3 is 1. The fraction of sp³-hybridized carbons (Fsp3) is 0.200. The van der Waals surface area contributed by atoms with Gasteiger partial charge in [0.25, 0.3) is 0 Å². The Morgan fingerprint density at radius 1 is 1.22 bits per heavy atom. The van der Waals surface area contributed by atoms with E-state index in [9.17, 15) is 9.59 Å². The van der Waals surface area contributed by atoms with Crippen LogP contribution in [0.4, 0.5) is 0 Å². The first-order chi connectivity index (χ1) is 11.0. The molecule has 3 heteroatoms. The molecule has 0 heterocycles. The highest BCUT2D eigenvalue weighted by Gasteiger charge is 2.34. The van der Waals surface area contributed by atoms with Crippen LogP contribution in [0.5, 0.6) is 0 Å². The maximum absolute atomic E-state index is 12.7. The summed E-state index contributed by atoms with van der Waals surface area (Å²) in [6.07, 6.45) is 7.94. The average molecular weight is 306 g/mol. The summed E-state index contributed by atoms with van der Waals surface area (Å²) in [5, 5.41) is 1.73. The number of carbonyl (C=O) groups is 2. The third-order valence-electron chi connectivity index (χ3n) is 4.16. The molecule has 1 aromatic rings. The van der Waals surface area contributed by atoms with Gasteiger partial charge in [0.2, 0.25) is 11.6 Å². The molecule has 2 aliphatic carbocycles. The third-order valence-corrected chi connectivity index (χ3v) is 4.16. The molecular formula is C20H18O3. The van der Waals surface area contributed by atoms with E-state index in [1.165, 1.54) is 7.11 Å². The molecule has 0 amide bonds. The summed E-state index contributed by atoms with van der Waals surface area (Å²) in [4.78, 5) is 25.3. The molecule has 0 N–H and O–H groups in total. The Morgan fingerprint density at radius 3 is 2.61 bits per heavy atom. The summed E-state index contributed by atoms with van der Waals surface area (Å²) in [5.74, 6) is -0.355. The van der Waals surface area contributed by atoms with Gasteiger partial charge in [-0.25, -0.2) is 0 Å². The van der Waals surface area contributed by atoms with Crippen molar-refractivity contribution in [2.45, 2.75) is 13.8 Å². The number of ether oxygens (including phenoxy) is 1. The maximum Gasteiger partial charge on any atom is 0.237 e. The fourth-order valence-corrected chi connectivity index (χ4v) is 3.12. The van der Waals surface area contributed by atoms with Gasteiger partial charge in [-0.2, -0.15) is 0 Å². The number of benzene rings is 1. The summed E-state index contributed by atoms with van der Waals surface area (Å²) in [6.45, 7) is 7.59. The third kappa shape index (κ3) is 2.29. The first-order valence-electron chi connectivity index (χ1n) is 7.52. The maximum atomic E-state index is 12.7. The Morgan fingerprint density at radius 2 is 1.96 bits per heavy atom. The van der Waals surface area contributed by atoms with Crippen LogP contribution < -0.4 is 10.4 Å². The predicted molar refractivity (Wildman–Crippen MR) is 91.0 cm³/mol. The number of rotatable bonds is 2. The lowest BCUT2D eigenvalue weighted by Gasteiger charge is -2.21. The average Bonchev–Trinajstić information content (AvgIpc) is 2.70. The molecule has 1 unspecified atom stereocenters. The topological polar surface area (TPSA) is 43.4 Å². The summed E-state index contributed by atoms with van der Waals surface area (Å²) in [5.41, 5.74) is 1.88. The Hall–Kier alpha value is -2.68. The highest BCUT2D eigenvalue weighted by Crippen LogP contribution is 2.31. The molecule has 0 saturated carbocycles. The van der Waals surface area contributed by atoms with E-state index < -0.39 is 11.6 Å². The number of hydrogen-bond acceptors (Lipinski definition) is 3. The Bertz CT molecular complexity index is 926. The highest BCUT2D eigenvalue weighted by molar-refractivity contribution is 6.53. The van der Waals surface area contributed by atoms with Crippen LogP contribution in [0, 0.1) is 5.92 Å². The van der Waals surface area contributed by atoms with Crippen molar-refractivity contribution in [2.75, 3.05) is 7.11 Å². The van der Waals surface area contributed by atoms with Crippen molar-refractivity contribution in [1.82, 2.24) is 0 Å². The molecule has 0 fully saturated rings. The minimum atomic E-state index is -0.551. The number of allylic oxidation sites excluding steroid dienone is 4. The standard InChI is InChI=1S/C20H18O3/c1-11(2)16-18(21)19(22)17-14-7-5-6-12(3)10-13(14)8-9-15(17)20(16)23-4/h5-10,12H,1H2,2-4H3. The second-order valence-corrected chi connectivity index (χ2v) is 5.92. The molecule has 0 radical (unpaired) electrons. The smallest absolute Gasteiger partial charge is 0.237 e. The Kier molecular flexibility index (Phi) is 3.64. The molecule has 23 heavy (non-hydrogen) atoms. The molecule has 0 aromatic heterocycles. The Labute approximate surface area is 135 Å². The second-order valence-electron chi connectivity index (χ2n) is 5.92. The number of hydrogen-bond donors (Lipinski definition) is 0. The molecule has 0 saturated heterocycles. The molecule has 116 valence electrons. The molecule has 3 rings (SSSR count). The molecular weight excluding hydrogens is 288 g/mol. The van der Waals surface area contributed by atoms with Crippen LogP contribution >= 0.6 is 0 Å². The Balaban J connectivity index is 2.46. The lowest BCUT2D eigenvalue weighted by atomic mass is 9.84. The molecule has 3 nitrogen and oxygen atoms in total. The quantitative estimate of drug-likeness (QED) is 0.786. The van der Waals surface area contributed by atoms with Crippen LogP contribution in [0.15, 0.2) is 42.0 Å². The van der Waals surface area contributed by atoms with Gasteiger partial charge in [-0.05, 0) is 34.9 Å². The molecule has 0 aliphatic heterocycles. The normalized spacial score (nSPS) is 19.3. The first kappa shape index (κ1) is 15.2. The lowest BCUT2D eigenvalue weighted by Crippen LogP contribution is -2.38. The molecule has 1 atom stereocenters. The van der Waals surface area contributed by atoms with Crippen molar-refractivity contribution in [2.24, 2.45) is 5.92 Å². The lowest BCUT2D eigenvalue weighted by molar-refractivity contribution is -0.111. The van der Waals surface area contributed by atoms with Crippen molar-refractivity contribution < 1.29 is 14.3 Å². The summed E-state index contributed by atoms with van der Waals surface area (Å²) in [7, 11) is 1.51. The van der Waals surface area contributed by atoms with E-state index in [2.05, 4.69) is 19.6 Å². The molecule has 1 aromatic carbocycles. The van der Waals surface area contributed by atoms with Gasteiger partial charge in [0.1, 0.15) is 5.76 Å².